The van der Waals surface area contributed by atoms with Gasteiger partial charge in [-0.2, -0.15) is 0 Å². The number of rotatable bonds is 3. The second kappa shape index (κ2) is 4.98. The van der Waals surface area contributed by atoms with E-state index < -0.39 is 5.97 Å². The van der Waals surface area contributed by atoms with Crippen LogP contribution in [0.3, 0.4) is 0 Å². The summed E-state index contributed by atoms with van der Waals surface area (Å²) in [6.07, 6.45) is 0. The van der Waals surface area contributed by atoms with Crippen LogP contribution in [-0.2, 0) is 0 Å². The van der Waals surface area contributed by atoms with E-state index in [-0.39, 0.29) is 5.56 Å². The summed E-state index contributed by atoms with van der Waals surface area (Å²) in [4.78, 5) is 11.2. The van der Waals surface area contributed by atoms with Crippen molar-refractivity contribution >= 4 is 27.4 Å². The zero-order valence-electron chi connectivity index (χ0n) is 10.8. The Hall–Kier alpha value is -2.33. The minimum atomic E-state index is -0.938. The standard InChI is InChI=1S/C16H12O3S/c1-19-14-6-5-11(16(17)18)9-13(14)12-4-2-3-10-7-8-20-15(10)12/h2-9H,1H3,(H,17,18). The third-order valence-electron chi connectivity index (χ3n) is 3.22. The highest BCUT2D eigenvalue weighted by molar-refractivity contribution is 7.17. The van der Waals surface area contributed by atoms with Crippen molar-refractivity contribution in [2.24, 2.45) is 0 Å². The Balaban J connectivity index is 2.29. The fourth-order valence-electron chi connectivity index (χ4n) is 2.26. The maximum Gasteiger partial charge on any atom is 0.335 e. The first-order valence-electron chi connectivity index (χ1n) is 6.08. The lowest BCUT2D eigenvalue weighted by molar-refractivity contribution is 0.0697. The Labute approximate surface area is 120 Å². The summed E-state index contributed by atoms with van der Waals surface area (Å²) in [5, 5.41) is 12.3. The van der Waals surface area contributed by atoms with Crippen molar-refractivity contribution < 1.29 is 14.6 Å². The van der Waals surface area contributed by atoms with Gasteiger partial charge in [-0.25, -0.2) is 4.79 Å². The molecular weight excluding hydrogens is 272 g/mol. The molecule has 20 heavy (non-hydrogen) atoms. The fourth-order valence-corrected chi connectivity index (χ4v) is 3.18. The normalized spacial score (nSPS) is 10.7. The Kier molecular flexibility index (Phi) is 3.16. The Bertz CT molecular complexity index is 789. The smallest absolute Gasteiger partial charge is 0.335 e. The highest BCUT2D eigenvalue weighted by Gasteiger charge is 2.13. The molecule has 0 atom stereocenters. The molecule has 0 aliphatic carbocycles. The van der Waals surface area contributed by atoms with Gasteiger partial charge in [-0.05, 0) is 35.0 Å². The van der Waals surface area contributed by atoms with Crippen LogP contribution in [0.1, 0.15) is 10.4 Å². The van der Waals surface area contributed by atoms with E-state index in [0.29, 0.717) is 5.75 Å². The zero-order chi connectivity index (χ0) is 14.1. The van der Waals surface area contributed by atoms with Crippen LogP contribution in [0.5, 0.6) is 5.75 Å². The molecule has 0 fully saturated rings. The molecule has 0 bridgehead atoms. The predicted molar refractivity (Wildman–Crippen MR) is 80.8 cm³/mol. The van der Waals surface area contributed by atoms with E-state index in [0.717, 1.165) is 21.2 Å². The number of thiophene rings is 1. The third kappa shape index (κ3) is 2.04. The molecule has 4 heteroatoms. The number of hydrogen-bond donors (Lipinski definition) is 1. The summed E-state index contributed by atoms with van der Waals surface area (Å²) in [7, 11) is 1.59. The first-order valence-corrected chi connectivity index (χ1v) is 6.96. The van der Waals surface area contributed by atoms with Crippen LogP contribution in [0.15, 0.2) is 47.8 Å². The Morgan fingerprint density at radius 1 is 1.15 bits per heavy atom. The van der Waals surface area contributed by atoms with Gasteiger partial charge in [0.25, 0.3) is 0 Å². The molecule has 1 aromatic heterocycles. The molecule has 3 nitrogen and oxygen atoms in total. The lowest BCUT2D eigenvalue weighted by Gasteiger charge is -2.10. The number of aromatic carboxylic acids is 1. The van der Waals surface area contributed by atoms with Gasteiger partial charge >= 0.3 is 5.97 Å². The Morgan fingerprint density at radius 2 is 2.00 bits per heavy atom. The van der Waals surface area contributed by atoms with Crippen molar-refractivity contribution in [3.63, 3.8) is 0 Å². The molecule has 0 spiro atoms. The lowest BCUT2D eigenvalue weighted by Crippen LogP contribution is -1.98. The topological polar surface area (TPSA) is 46.5 Å². The zero-order valence-corrected chi connectivity index (χ0v) is 11.6. The molecule has 1 N–H and O–H groups in total. The summed E-state index contributed by atoms with van der Waals surface area (Å²) in [6.45, 7) is 0. The average Bonchev–Trinajstić information content (AvgIpc) is 2.94. The number of hydrogen-bond acceptors (Lipinski definition) is 3. The van der Waals surface area contributed by atoms with E-state index in [1.807, 2.05) is 23.6 Å². The van der Waals surface area contributed by atoms with E-state index in [9.17, 15) is 4.79 Å². The third-order valence-corrected chi connectivity index (χ3v) is 4.18. The van der Waals surface area contributed by atoms with Crippen LogP contribution >= 0.6 is 11.3 Å². The summed E-state index contributed by atoms with van der Waals surface area (Å²) in [5.74, 6) is -0.261. The maximum atomic E-state index is 11.2. The number of fused-ring (bicyclic) bond motifs is 1. The van der Waals surface area contributed by atoms with Gasteiger partial charge in [-0.15, -0.1) is 11.3 Å². The molecule has 0 aliphatic heterocycles. The molecule has 2 aromatic carbocycles. The molecule has 0 saturated carbocycles. The fraction of sp³-hybridized carbons (Fsp3) is 0.0625. The number of ether oxygens (including phenoxy) is 1. The van der Waals surface area contributed by atoms with Gasteiger partial charge in [-0.1, -0.05) is 18.2 Å². The van der Waals surface area contributed by atoms with Gasteiger partial charge in [0.2, 0.25) is 0 Å². The molecule has 100 valence electrons. The summed E-state index contributed by atoms with van der Waals surface area (Å²) in [6, 6.07) is 13.0. The SMILES string of the molecule is COc1ccc(C(=O)O)cc1-c1cccc2ccsc12. The van der Waals surface area contributed by atoms with Crippen molar-refractivity contribution in [1.29, 1.82) is 0 Å². The van der Waals surface area contributed by atoms with Gasteiger partial charge < -0.3 is 9.84 Å². The molecule has 0 radical (unpaired) electrons. The van der Waals surface area contributed by atoms with Gasteiger partial charge in [-0.3, -0.25) is 0 Å². The molecule has 0 unspecified atom stereocenters. The van der Waals surface area contributed by atoms with Crippen LogP contribution < -0.4 is 4.74 Å². The van der Waals surface area contributed by atoms with Crippen molar-refractivity contribution in [1.82, 2.24) is 0 Å². The largest absolute Gasteiger partial charge is 0.496 e. The number of methoxy groups -OCH3 is 1. The highest BCUT2D eigenvalue weighted by Crippen LogP contribution is 2.37. The van der Waals surface area contributed by atoms with E-state index >= 15 is 0 Å². The highest BCUT2D eigenvalue weighted by atomic mass is 32.1. The second-order valence-electron chi connectivity index (χ2n) is 4.36. The van der Waals surface area contributed by atoms with Crippen molar-refractivity contribution in [3.05, 3.63) is 53.4 Å². The van der Waals surface area contributed by atoms with Crippen LogP contribution in [0.25, 0.3) is 21.2 Å². The number of carboxylic acids is 1. The lowest BCUT2D eigenvalue weighted by atomic mass is 10.0. The minimum absolute atomic E-state index is 0.259. The van der Waals surface area contributed by atoms with E-state index in [1.54, 1.807) is 36.6 Å². The van der Waals surface area contributed by atoms with E-state index in [4.69, 9.17) is 9.84 Å². The quantitative estimate of drug-likeness (QED) is 0.781. The first-order chi connectivity index (χ1) is 9.70. The Morgan fingerprint density at radius 3 is 2.75 bits per heavy atom. The molecular formula is C16H12O3S. The maximum absolute atomic E-state index is 11.2. The van der Waals surface area contributed by atoms with Gasteiger partial charge in [0, 0.05) is 15.8 Å². The summed E-state index contributed by atoms with van der Waals surface area (Å²) < 4.78 is 6.50. The van der Waals surface area contributed by atoms with E-state index in [1.165, 1.54) is 0 Å². The number of carboxylic acid groups (broad SMARTS) is 1. The van der Waals surface area contributed by atoms with Crippen LogP contribution in [0.2, 0.25) is 0 Å². The van der Waals surface area contributed by atoms with Gasteiger partial charge in [0.05, 0.1) is 12.7 Å². The summed E-state index contributed by atoms with van der Waals surface area (Å²) >= 11 is 1.64. The van der Waals surface area contributed by atoms with Crippen molar-refractivity contribution in [2.75, 3.05) is 7.11 Å². The molecule has 3 aromatic rings. The molecule has 0 saturated heterocycles. The van der Waals surface area contributed by atoms with Crippen molar-refractivity contribution in [3.8, 4) is 16.9 Å². The van der Waals surface area contributed by atoms with Crippen LogP contribution in [0.4, 0.5) is 0 Å². The minimum Gasteiger partial charge on any atom is -0.496 e. The molecule has 0 aliphatic rings. The average molecular weight is 284 g/mol. The van der Waals surface area contributed by atoms with E-state index in [2.05, 4.69) is 6.07 Å². The second-order valence-corrected chi connectivity index (χ2v) is 5.28. The predicted octanol–water partition coefficient (Wildman–Crippen LogP) is 4.28. The van der Waals surface area contributed by atoms with Gasteiger partial charge in [0.1, 0.15) is 5.75 Å². The number of carbonyl (C=O) groups is 1. The molecule has 3 rings (SSSR count). The van der Waals surface area contributed by atoms with Crippen molar-refractivity contribution in [2.45, 2.75) is 0 Å². The number of benzene rings is 2. The molecule has 0 amide bonds. The van der Waals surface area contributed by atoms with Crippen LogP contribution in [-0.4, -0.2) is 18.2 Å². The monoisotopic (exact) mass is 284 g/mol. The molecule has 1 heterocycles. The van der Waals surface area contributed by atoms with Crippen LogP contribution in [0, 0.1) is 0 Å². The summed E-state index contributed by atoms with van der Waals surface area (Å²) in [5.41, 5.74) is 2.06. The first kappa shape index (κ1) is 12.7. The van der Waals surface area contributed by atoms with Gasteiger partial charge in [0.15, 0.2) is 0 Å².